The van der Waals surface area contributed by atoms with Crippen LogP contribution in [-0.4, -0.2) is 19.2 Å². The van der Waals surface area contributed by atoms with Crippen LogP contribution in [-0.2, 0) is 0 Å². The molecule has 0 N–H and O–H groups in total. The van der Waals surface area contributed by atoms with Gasteiger partial charge in [0.25, 0.3) is 0 Å². The van der Waals surface area contributed by atoms with Crippen molar-refractivity contribution in [3.05, 3.63) is 24.3 Å². The monoisotopic (exact) mass is 188 g/mol. The Morgan fingerprint density at radius 2 is 2.36 bits per heavy atom. The smallest absolute Gasteiger partial charge is 0.142 e. The summed E-state index contributed by atoms with van der Waals surface area (Å²) < 4.78 is 5.48. The Kier molecular flexibility index (Phi) is 2.28. The first-order valence-electron chi connectivity index (χ1n) is 4.75. The van der Waals surface area contributed by atoms with E-state index in [1.54, 1.807) is 0 Å². The molecule has 1 saturated heterocycles. The van der Waals surface area contributed by atoms with Crippen LogP contribution in [0.15, 0.2) is 24.3 Å². The highest BCUT2D eigenvalue weighted by Gasteiger charge is 2.35. The van der Waals surface area contributed by atoms with Gasteiger partial charge in [-0.2, -0.15) is 5.26 Å². The molecule has 1 unspecified atom stereocenters. The summed E-state index contributed by atoms with van der Waals surface area (Å²) in [6.45, 7) is 3.43. The zero-order chi connectivity index (χ0) is 9.97. The zero-order valence-corrected chi connectivity index (χ0v) is 8.10. The molecule has 3 nitrogen and oxygen atoms in total. The summed E-state index contributed by atoms with van der Waals surface area (Å²) in [5.74, 6) is 0.868. The zero-order valence-electron chi connectivity index (χ0n) is 8.10. The molecule has 0 saturated carbocycles. The maximum atomic E-state index is 8.73. The van der Waals surface area contributed by atoms with Gasteiger partial charge in [-0.15, -0.1) is 0 Å². The van der Waals surface area contributed by atoms with Crippen LogP contribution in [0.4, 0.5) is 5.69 Å². The van der Waals surface area contributed by atoms with E-state index in [4.69, 9.17) is 10.00 Å². The second-order valence-corrected chi connectivity index (χ2v) is 3.20. The summed E-state index contributed by atoms with van der Waals surface area (Å²) >= 11 is 0. The van der Waals surface area contributed by atoms with E-state index in [1.165, 1.54) is 0 Å². The van der Waals surface area contributed by atoms with Gasteiger partial charge in [0, 0.05) is 0 Å². The van der Waals surface area contributed by atoms with Crippen molar-refractivity contribution in [2.24, 2.45) is 0 Å². The second-order valence-electron chi connectivity index (χ2n) is 3.20. The van der Waals surface area contributed by atoms with Gasteiger partial charge in [0.2, 0.25) is 0 Å². The molecule has 1 aromatic carbocycles. The van der Waals surface area contributed by atoms with Crippen LogP contribution in [0.3, 0.4) is 0 Å². The van der Waals surface area contributed by atoms with Crippen molar-refractivity contribution in [3.8, 4) is 11.8 Å². The van der Waals surface area contributed by atoms with Crippen LogP contribution in [0.1, 0.15) is 6.92 Å². The minimum Gasteiger partial charge on any atom is -0.492 e. The lowest BCUT2D eigenvalue weighted by Gasteiger charge is -2.10. The van der Waals surface area contributed by atoms with Gasteiger partial charge in [-0.05, 0) is 19.1 Å². The molecule has 1 aromatic rings. The highest BCUT2D eigenvalue weighted by molar-refractivity contribution is 5.64. The molecular formula is C11H12N2O. The highest BCUT2D eigenvalue weighted by atomic mass is 16.5. The lowest BCUT2D eigenvalue weighted by Crippen LogP contribution is -2.01. The van der Waals surface area contributed by atoms with Crippen molar-refractivity contribution in [1.29, 1.82) is 5.26 Å². The van der Waals surface area contributed by atoms with E-state index in [-0.39, 0.29) is 6.04 Å². The van der Waals surface area contributed by atoms with Crippen molar-refractivity contribution < 1.29 is 4.74 Å². The average Bonchev–Trinajstić information content (AvgIpc) is 2.98. The van der Waals surface area contributed by atoms with Crippen LogP contribution in [0, 0.1) is 11.3 Å². The fourth-order valence-electron chi connectivity index (χ4n) is 1.49. The van der Waals surface area contributed by atoms with Crippen molar-refractivity contribution >= 4 is 5.69 Å². The minimum atomic E-state index is 0.0385. The van der Waals surface area contributed by atoms with Crippen LogP contribution >= 0.6 is 0 Å². The summed E-state index contributed by atoms with van der Waals surface area (Å²) in [5, 5.41) is 8.73. The summed E-state index contributed by atoms with van der Waals surface area (Å²) in [4.78, 5) is 2.03. The maximum Gasteiger partial charge on any atom is 0.142 e. The van der Waals surface area contributed by atoms with E-state index < -0.39 is 0 Å². The Hall–Kier alpha value is -1.69. The van der Waals surface area contributed by atoms with Crippen molar-refractivity contribution in [2.45, 2.75) is 13.0 Å². The largest absolute Gasteiger partial charge is 0.492 e. The third-order valence-corrected chi connectivity index (χ3v) is 2.24. The quantitative estimate of drug-likeness (QED) is 0.678. The number of nitriles is 1. The van der Waals surface area contributed by atoms with Gasteiger partial charge >= 0.3 is 0 Å². The Morgan fingerprint density at radius 3 is 3.00 bits per heavy atom. The van der Waals surface area contributed by atoms with Gasteiger partial charge < -0.3 is 9.64 Å². The molecule has 1 aliphatic heterocycles. The van der Waals surface area contributed by atoms with Crippen molar-refractivity contribution in [1.82, 2.24) is 0 Å². The Morgan fingerprint density at radius 1 is 1.57 bits per heavy atom. The van der Waals surface area contributed by atoms with Gasteiger partial charge in [0.05, 0.1) is 24.9 Å². The molecule has 0 spiro atoms. The molecule has 0 bridgehead atoms. The average molecular weight is 188 g/mol. The number of rotatable bonds is 3. The fourth-order valence-corrected chi connectivity index (χ4v) is 1.49. The Balaban J connectivity index is 2.21. The number of anilines is 1. The number of hydrogen-bond donors (Lipinski definition) is 0. The predicted octanol–water partition coefficient (Wildman–Crippen LogP) is 1.80. The molecule has 1 heterocycles. The van der Waals surface area contributed by atoms with E-state index >= 15 is 0 Å². The van der Waals surface area contributed by atoms with Crippen molar-refractivity contribution in [2.75, 3.05) is 18.1 Å². The third-order valence-electron chi connectivity index (χ3n) is 2.24. The minimum absolute atomic E-state index is 0.0385. The standard InChI is InChI=1S/C11H12N2O/c1-2-14-11-6-4-3-5-10(11)13-8-9(13)7-12/h3-6,9H,2,8H2,1H3. The number of para-hydroxylation sites is 2. The highest BCUT2D eigenvalue weighted by Crippen LogP contribution is 2.35. The number of ether oxygens (including phenoxy) is 1. The molecule has 14 heavy (non-hydrogen) atoms. The number of benzene rings is 1. The lowest BCUT2D eigenvalue weighted by atomic mass is 10.3. The van der Waals surface area contributed by atoms with E-state index in [9.17, 15) is 0 Å². The van der Waals surface area contributed by atoms with Crippen LogP contribution < -0.4 is 9.64 Å². The molecule has 0 aliphatic carbocycles. The summed E-state index contributed by atoms with van der Waals surface area (Å²) in [6, 6.07) is 10.1. The number of nitrogens with zero attached hydrogens (tertiary/aromatic N) is 2. The molecule has 2 rings (SSSR count). The molecule has 1 aliphatic rings. The summed E-state index contributed by atoms with van der Waals surface area (Å²) in [5.41, 5.74) is 1.03. The third kappa shape index (κ3) is 1.51. The van der Waals surface area contributed by atoms with E-state index in [1.807, 2.05) is 36.1 Å². The molecule has 0 amide bonds. The fraction of sp³-hybridized carbons (Fsp3) is 0.364. The second kappa shape index (κ2) is 3.59. The van der Waals surface area contributed by atoms with Gasteiger partial charge in [-0.3, -0.25) is 0 Å². The molecule has 3 heteroatoms. The van der Waals surface area contributed by atoms with Gasteiger partial charge in [-0.1, -0.05) is 12.1 Å². The SMILES string of the molecule is CCOc1ccccc1N1CC1C#N. The first kappa shape index (κ1) is 8.89. The van der Waals surface area contributed by atoms with Crippen LogP contribution in [0.2, 0.25) is 0 Å². The Labute approximate surface area is 83.5 Å². The molecule has 72 valence electrons. The first-order chi connectivity index (χ1) is 6.86. The van der Waals surface area contributed by atoms with Crippen molar-refractivity contribution in [3.63, 3.8) is 0 Å². The van der Waals surface area contributed by atoms with Gasteiger partial charge in [0.1, 0.15) is 11.8 Å². The number of hydrogen-bond acceptors (Lipinski definition) is 3. The first-order valence-corrected chi connectivity index (χ1v) is 4.75. The van der Waals surface area contributed by atoms with E-state index in [0.29, 0.717) is 6.61 Å². The summed E-state index contributed by atoms with van der Waals surface area (Å²) in [6.07, 6.45) is 0. The molecular weight excluding hydrogens is 176 g/mol. The van der Waals surface area contributed by atoms with Crippen LogP contribution in [0.25, 0.3) is 0 Å². The predicted molar refractivity (Wildman–Crippen MR) is 54.4 cm³/mol. The van der Waals surface area contributed by atoms with E-state index in [2.05, 4.69) is 6.07 Å². The van der Waals surface area contributed by atoms with Gasteiger partial charge in [0.15, 0.2) is 0 Å². The topological polar surface area (TPSA) is 36.0 Å². The molecule has 0 aromatic heterocycles. The molecule has 1 atom stereocenters. The molecule has 0 radical (unpaired) electrons. The van der Waals surface area contributed by atoms with E-state index in [0.717, 1.165) is 18.0 Å². The normalized spacial score (nSPS) is 18.9. The van der Waals surface area contributed by atoms with Crippen LogP contribution in [0.5, 0.6) is 5.75 Å². The summed E-state index contributed by atoms with van der Waals surface area (Å²) in [7, 11) is 0. The molecule has 1 fully saturated rings. The van der Waals surface area contributed by atoms with Gasteiger partial charge in [-0.25, -0.2) is 0 Å². The lowest BCUT2D eigenvalue weighted by molar-refractivity contribution is 0.341. The maximum absolute atomic E-state index is 8.73. The Bertz CT molecular complexity index is 370.